The Hall–Kier alpha value is -0.340. The molecule has 1 unspecified atom stereocenters. The molecule has 1 atom stereocenters. The highest BCUT2D eigenvalue weighted by atomic mass is 79.9. The Morgan fingerprint density at radius 1 is 1.29 bits per heavy atom. The largest absolute Gasteiger partial charge is 0.303 e. The minimum atomic E-state index is 0.899. The fourth-order valence-electron chi connectivity index (χ4n) is 2.65. The summed E-state index contributed by atoms with van der Waals surface area (Å²) in [4.78, 5) is 2.63. The molecule has 17 heavy (non-hydrogen) atoms. The number of likely N-dealkylation sites (tertiary alicyclic amines) is 1. The number of nitrogens with zero attached hydrogens (tertiary/aromatic N) is 1. The highest BCUT2D eigenvalue weighted by Crippen LogP contribution is 2.16. The summed E-state index contributed by atoms with van der Waals surface area (Å²) in [6, 6.07) is 8.72. The van der Waals surface area contributed by atoms with Crippen LogP contribution in [-0.4, -0.2) is 24.5 Å². The van der Waals surface area contributed by atoms with E-state index in [1.807, 2.05) is 0 Å². The first-order chi connectivity index (χ1) is 8.24. The van der Waals surface area contributed by atoms with E-state index in [-0.39, 0.29) is 0 Å². The molecule has 1 fully saturated rings. The van der Waals surface area contributed by atoms with Crippen LogP contribution in [0.5, 0.6) is 0 Å². The Balaban J connectivity index is 1.70. The number of aryl methyl sites for hydroxylation is 1. The van der Waals surface area contributed by atoms with E-state index >= 15 is 0 Å². The first-order valence-electron chi connectivity index (χ1n) is 6.71. The maximum atomic E-state index is 3.47. The van der Waals surface area contributed by atoms with Crippen LogP contribution in [0.15, 0.2) is 28.7 Å². The highest BCUT2D eigenvalue weighted by molar-refractivity contribution is 9.10. The van der Waals surface area contributed by atoms with Gasteiger partial charge >= 0.3 is 0 Å². The Morgan fingerprint density at radius 3 is 2.76 bits per heavy atom. The highest BCUT2D eigenvalue weighted by Gasteiger charge is 2.15. The van der Waals surface area contributed by atoms with Crippen molar-refractivity contribution in [1.29, 1.82) is 0 Å². The van der Waals surface area contributed by atoms with E-state index in [1.165, 1.54) is 55.4 Å². The fraction of sp³-hybridized carbons (Fsp3) is 0.600. The monoisotopic (exact) mass is 295 g/mol. The van der Waals surface area contributed by atoms with Crippen molar-refractivity contribution in [1.82, 2.24) is 4.90 Å². The number of hydrogen-bond acceptors (Lipinski definition) is 1. The number of rotatable bonds is 4. The Bertz CT molecular complexity index is 333. The lowest BCUT2D eigenvalue weighted by Crippen LogP contribution is -2.35. The SMILES string of the molecule is CC1CCCN(CCCc2ccc(Br)cc2)C1. The predicted molar refractivity (Wildman–Crippen MR) is 77.3 cm³/mol. The molecule has 2 rings (SSSR count). The third-order valence-corrected chi connectivity index (χ3v) is 4.12. The third-order valence-electron chi connectivity index (χ3n) is 3.59. The molecule has 0 spiro atoms. The average Bonchev–Trinajstić information content (AvgIpc) is 2.32. The second-order valence-electron chi connectivity index (χ2n) is 5.28. The standard InChI is InChI=1S/C15H22BrN/c1-13-4-2-10-17(12-13)11-3-5-14-6-8-15(16)9-7-14/h6-9,13H,2-5,10-12H2,1H3. The van der Waals surface area contributed by atoms with E-state index in [0.29, 0.717) is 0 Å². The maximum absolute atomic E-state index is 3.47. The minimum absolute atomic E-state index is 0.899. The molecule has 1 aliphatic heterocycles. The van der Waals surface area contributed by atoms with Crippen LogP contribution in [0.2, 0.25) is 0 Å². The second kappa shape index (κ2) is 6.55. The molecule has 0 aromatic heterocycles. The van der Waals surface area contributed by atoms with E-state index in [0.717, 1.165) is 5.92 Å². The van der Waals surface area contributed by atoms with Crippen molar-refractivity contribution >= 4 is 15.9 Å². The molecule has 0 N–H and O–H groups in total. The zero-order valence-corrected chi connectivity index (χ0v) is 12.2. The number of hydrogen-bond donors (Lipinski definition) is 0. The topological polar surface area (TPSA) is 3.24 Å². The molecule has 0 bridgehead atoms. The van der Waals surface area contributed by atoms with Crippen LogP contribution in [0.25, 0.3) is 0 Å². The molecular formula is C15H22BrN. The first-order valence-corrected chi connectivity index (χ1v) is 7.50. The summed E-state index contributed by atoms with van der Waals surface area (Å²) in [6.07, 6.45) is 5.30. The molecule has 1 aromatic rings. The summed E-state index contributed by atoms with van der Waals surface area (Å²) < 4.78 is 1.17. The third kappa shape index (κ3) is 4.44. The van der Waals surface area contributed by atoms with Crippen molar-refractivity contribution in [3.8, 4) is 0 Å². The quantitative estimate of drug-likeness (QED) is 0.808. The van der Waals surface area contributed by atoms with Gasteiger partial charge in [-0.05, 0) is 62.4 Å². The van der Waals surface area contributed by atoms with E-state index < -0.39 is 0 Å². The fourth-order valence-corrected chi connectivity index (χ4v) is 2.91. The van der Waals surface area contributed by atoms with Crippen LogP contribution in [0.1, 0.15) is 31.7 Å². The lowest BCUT2D eigenvalue weighted by Gasteiger charge is -2.30. The molecule has 94 valence electrons. The van der Waals surface area contributed by atoms with E-state index in [9.17, 15) is 0 Å². The van der Waals surface area contributed by atoms with Crippen LogP contribution < -0.4 is 0 Å². The number of piperidine rings is 1. The molecule has 2 heteroatoms. The Morgan fingerprint density at radius 2 is 2.06 bits per heavy atom. The molecule has 0 aliphatic carbocycles. The lowest BCUT2D eigenvalue weighted by molar-refractivity contribution is 0.182. The zero-order valence-electron chi connectivity index (χ0n) is 10.7. The van der Waals surface area contributed by atoms with Crippen molar-refractivity contribution in [3.63, 3.8) is 0 Å². The summed E-state index contributed by atoms with van der Waals surface area (Å²) in [7, 11) is 0. The van der Waals surface area contributed by atoms with Crippen LogP contribution >= 0.6 is 15.9 Å². The van der Waals surface area contributed by atoms with Gasteiger partial charge in [0.25, 0.3) is 0 Å². The van der Waals surface area contributed by atoms with Gasteiger partial charge in [0.1, 0.15) is 0 Å². The van der Waals surface area contributed by atoms with Gasteiger partial charge in [-0.25, -0.2) is 0 Å². The van der Waals surface area contributed by atoms with Crippen molar-refractivity contribution in [2.75, 3.05) is 19.6 Å². The van der Waals surface area contributed by atoms with Crippen molar-refractivity contribution in [2.45, 2.75) is 32.6 Å². The van der Waals surface area contributed by atoms with Crippen LogP contribution in [0, 0.1) is 5.92 Å². The number of benzene rings is 1. The molecule has 1 saturated heterocycles. The molecule has 0 amide bonds. The molecule has 1 aliphatic rings. The zero-order chi connectivity index (χ0) is 12.1. The molecule has 0 saturated carbocycles. The smallest absolute Gasteiger partial charge is 0.0175 e. The number of halogens is 1. The second-order valence-corrected chi connectivity index (χ2v) is 6.19. The van der Waals surface area contributed by atoms with E-state index in [2.05, 4.69) is 52.0 Å². The predicted octanol–water partition coefficient (Wildman–Crippen LogP) is 4.11. The van der Waals surface area contributed by atoms with Gasteiger partial charge in [-0.15, -0.1) is 0 Å². The average molecular weight is 296 g/mol. The van der Waals surface area contributed by atoms with Crippen LogP contribution in [0.4, 0.5) is 0 Å². The van der Waals surface area contributed by atoms with Gasteiger partial charge in [0.2, 0.25) is 0 Å². The van der Waals surface area contributed by atoms with Crippen molar-refractivity contribution in [3.05, 3.63) is 34.3 Å². The molecule has 1 heterocycles. The Kier molecular flexibility index (Phi) is 5.05. The maximum Gasteiger partial charge on any atom is 0.0175 e. The molecule has 1 aromatic carbocycles. The molecule has 0 radical (unpaired) electrons. The minimum Gasteiger partial charge on any atom is -0.303 e. The summed E-state index contributed by atoms with van der Waals surface area (Å²) in [5.74, 6) is 0.899. The van der Waals surface area contributed by atoms with Gasteiger partial charge in [-0.2, -0.15) is 0 Å². The van der Waals surface area contributed by atoms with Gasteiger partial charge in [-0.1, -0.05) is 35.0 Å². The Labute approximate surface area is 113 Å². The molecule has 1 nitrogen and oxygen atoms in total. The molecular weight excluding hydrogens is 274 g/mol. The lowest BCUT2D eigenvalue weighted by atomic mass is 10.00. The summed E-state index contributed by atoms with van der Waals surface area (Å²) >= 11 is 3.47. The van der Waals surface area contributed by atoms with Gasteiger partial charge in [0.15, 0.2) is 0 Å². The van der Waals surface area contributed by atoms with E-state index in [4.69, 9.17) is 0 Å². The summed E-state index contributed by atoms with van der Waals surface area (Å²) in [6.45, 7) is 6.26. The normalized spacial score (nSPS) is 21.6. The first kappa shape index (κ1) is 13.1. The van der Waals surface area contributed by atoms with Gasteiger partial charge in [0, 0.05) is 11.0 Å². The van der Waals surface area contributed by atoms with Gasteiger partial charge < -0.3 is 4.90 Å². The van der Waals surface area contributed by atoms with Crippen molar-refractivity contribution < 1.29 is 0 Å². The van der Waals surface area contributed by atoms with Gasteiger partial charge in [-0.3, -0.25) is 0 Å². The van der Waals surface area contributed by atoms with Gasteiger partial charge in [0.05, 0.1) is 0 Å². The van der Waals surface area contributed by atoms with E-state index in [1.54, 1.807) is 0 Å². The summed E-state index contributed by atoms with van der Waals surface area (Å²) in [5, 5.41) is 0. The van der Waals surface area contributed by atoms with Crippen molar-refractivity contribution in [2.24, 2.45) is 5.92 Å². The summed E-state index contributed by atoms with van der Waals surface area (Å²) in [5.41, 5.74) is 1.46. The van der Waals surface area contributed by atoms with Crippen LogP contribution in [0.3, 0.4) is 0 Å². The van der Waals surface area contributed by atoms with Crippen LogP contribution in [-0.2, 0) is 6.42 Å².